The number of benzene rings is 2. The predicted octanol–water partition coefficient (Wildman–Crippen LogP) is 8.01. The molecule has 188 valence electrons. The molecular weight excluding hydrogens is 428 g/mol. The molecule has 0 saturated heterocycles. The van der Waals surface area contributed by atoms with E-state index < -0.39 is 0 Å². The lowest BCUT2D eigenvalue weighted by atomic mass is 10.1. The summed E-state index contributed by atoms with van der Waals surface area (Å²) in [7, 11) is 0. The van der Waals surface area contributed by atoms with Gasteiger partial charge in [-0.2, -0.15) is 10.2 Å². The predicted molar refractivity (Wildman–Crippen MR) is 151 cm³/mol. The fourth-order valence-electron chi connectivity index (χ4n) is 5.53. The molecule has 0 spiro atoms. The molecule has 0 bridgehead atoms. The van der Waals surface area contributed by atoms with Crippen molar-refractivity contribution in [2.75, 3.05) is 23.1 Å². The van der Waals surface area contributed by atoms with E-state index in [4.69, 9.17) is 10.2 Å². The lowest BCUT2D eigenvalue weighted by Gasteiger charge is -2.21. The average molecular weight is 473 g/mol. The zero-order valence-corrected chi connectivity index (χ0v) is 21.8. The number of rotatable bonds is 12. The summed E-state index contributed by atoms with van der Waals surface area (Å²) in [5.74, 6) is 2.94. The van der Waals surface area contributed by atoms with E-state index in [0.717, 1.165) is 37.8 Å². The standard InChI is InChI=1S/C31H44N4/c1-26-16-18-28(22-26)24-32-34(30-12-6-3-7-13-30)20-10-5-11-21-35(31-14-8-4-9-15-31)33-25-29-19-17-27(2)23-29/h3-4,6-9,12-15,24-29H,5,10-11,16-23H2,1-2H3/b32-24+,33-25+. The highest BCUT2D eigenvalue weighted by molar-refractivity contribution is 5.64. The van der Waals surface area contributed by atoms with Crippen molar-refractivity contribution in [2.45, 2.75) is 71.6 Å². The Balaban J connectivity index is 1.29. The van der Waals surface area contributed by atoms with Crippen molar-refractivity contribution >= 4 is 23.8 Å². The number of nitrogens with zero attached hydrogens (tertiary/aromatic N) is 4. The SMILES string of the molecule is CC1CCC(/C=N/N(CCCCCN(/N=C/C2CCC(C)C2)c2ccccc2)c2ccccc2)C1. The third-order valence-corrected chi connectivity index (χ3v) is 7.65. The van der Waals surface area contributed by atoms with Gasteiger partial charge in [-0.1, -0.05) is 63.1 Å². The van der Waals surface area contributed by atoms with Crippen LogP contribution >= 0.6 is 0 Å². The molecule has 0 aliphatic heterocycles. The summed E-state index contributed by atoms with van der Waals surface area (Å²) in [5, 5.41) is 14.3. The van der Waals surface area contributed by atoms with Crippen molar-refractivity contribution in [3.05, 3.63) is 60.7 Å². The Bertz CT molecular complexity index is 835. The van der Waals surface area contributed by atoms with E-state index in [1.807, 2.05) is 0 Å². The van der Waals surface area contributed by atoms with E-state index in [2.05, 4.69) is 97.0 Å². The summed E-state index contributed by atoms with van der Waals surface area (Å²) in [4.78, 5) is 0. The summed E-state index contributed by atoms with van der Waals surface area (Å²) < 4.78 is 0. The van der Waals surface area contributed by atoms with Crippen molar-refractivity contribution in [1.82, 2.24) is 0 Å². The maximum atomic E-state index is 4.94. The van der Waals surface area contributed by atoms with Gasteiger partial charge in [0, 0.05) is 25.5 Å². The van der Waals surface area contributed by atoms with Crippen LogP contribution in [-0.2, 0) is 0 Å². The monoisotopic (exact) mass is 472 g/mol. The van der Waals surface area contributed by atoms with E-state index in [0.29, 0.717) is 11.8 Å². The van der Waals surface area contributed by atoms with Crippen LogP contribution in [0.15, 0.2) is 70.9 Å². The lowest BCUT2D eigenvalue weighted by molar-refractivity contribution is 0.596. The molecule has 0 heterocycles. The van der Waals surface area contributed by atoms with Gasteiger partial charge in [0.2, 0.25) is 0 Å². The fraction of sp³-hybridized carbons (Fsp3) is 0.548. The van der Waals surface area contributed by atoms with Crippen LogP contribution in [0, 0.1) is 23.7 Å². The third-order valence-electron chi connectivity index (χ3n) is 7.65. The minimum Gasteiger partial charge on any atom is -0.266 e. The molecule has 4 rings (SSSR count). The molecule has 4 unspecified atom stereocenters. The van der Waals surface area contributed by atoms with Gasteiger partial charge >= 0.3 is 0 Å². The molecule has 2 fully saturated rings. The molecule has 4 heteroatoms. The van der Waals surface area contributed by atoms with Crippen molar-refractivity contribution in [3.8, 4) is 0 Å². The molecule has 4 nitrogen and oxygen atoms in total. The number of unbranched alkanes of at least 4 members (excludes halogenated alkanes) is 2. The third kappa shape index (κ3) is 8.23. The second-order valence-electron chi connectivity index (χ2n) is 10.9. The van der Waals surface area contributed by atoms with Gasteiger partial charge in [0.15, 0.2) is 0 Å². The Morgan fingerprint density at radius 1 is 0.629 bits per heavy atom. The Hall–Kier alpha value is -2.62. The Labute approximate surface area is 213 Å². The van der Waals surface area contributed by atoms with Crippen LogP contribution in [0.1, 0.15) is 71.6 Å². The number of anilines is 2. The van der Waals surface area contributed by atoms with Crippen molar-refractivity contribution in [1.29, 1.82) is 0 Å². The second-order valence-corrected chi connectivity index (χ2v) is 10.9. The first kappa shape index (κ1) is 25.5. The molecule has 0 N–H and O–H groups in total. The van der Waals surface area contributed by atoms with Gasteiger partial charge in [0.1, 0.15) is 0 Å². The van der Waals surface area contributed by atoms with Crippen LogP contribution in [0.4, 0.5) is 11.4 Å². The van der Waals surface area contributed by atoms with Crippen molar-refractivity contribution in [3.63, 3.8) is 0 Å². The van der Waals surface area contributed by atoms with Crippen LogP contribution in [0.25, 0.3) is 0 Å². The highest BCUT2D eigenvalue weighted by atomic mass is 15.5. The summed E-state index contributed by atoms with van der Waals surface area (Å²) >= 11 is 0. The first-order chi connectivity index (χ1) is 17.2. The van der Waals surface area contributed by atoms with E-state index in [-0.39, 0.29) is 0 Å². The zero-order valence-electron chi connectivity index (χ0n) is 21.8. The van der Waals surface area contributed by atoms with E-state index in [9.17, 15) is 0 Å². The maximum absolute atomic E-state index is 4.94. The van der Waals surface area contributed by atoms with Gasteiger partial charge < -0.3 is 0 Å². The number of hydrazone groups is 2. The Morgan fingerprint density at radius 3 is 1.43 bits per heavy atom. The van der Waals surface area contributed by atoms with Gasteiger partial charge in [0.05, 0.1) is 11.4 Å². The van der Waals surface area contributed by atoms with Crippen molar-refractivity contribution in [2.24, 2.45) is 33.9 Å². The average Bonchev–Trinajstić information content (AvgIpc) is 3.51. The summed E-state index contributed by atoms with van der Waals surface area (Å²) in [6.45, 7) is 6.63. The van der Waals surface area contributed by atoms with Crippen LogP contribution in [-0.4, -0.2) is 25.5 Å². The van der Waals surface area contributed by atoms with Gasteiger partial charge in [-0.15, -0.1) is 0 Å². The molecule has 2 saturated carbocycles. The molecule has 0 amide bonds. The van der Waals surface area contributed by atoms with Crippen molar-refractivity contribution < 1.29 is 0 Å². The molecule has 35 heavy (non-hydrogen) atoms. The molecule has 2 aromatic rings. The smallest absolute Gasteiger partial charge is 0.0593 e. The minimum atomic E-state index is 0.636. The summed E-state index contributed by atoms with van der Waals surface area (Å²) in [5.41, 5.74) is 2.38. The van der Waals surface area contributed by atoms with Crippen LogP contribution in [0.2, 0.25) is 0 Å². The van der Waals surface area contributed by atoms with Gasteiger partial charge in [-0.05, 0) is 92.9 Å². The molecule has 2 aliphatic carbocycles. The number of hydrogen-bond donors (Lipinski definition) is 0. The summed E-state index contributed by atoms with van der Waals surface area (Å²) in [6.07, 6.45) is 15.6. The first-order valence-corrected chi connectivity index (χ1v) is 13.9. The zero-order chi connectivity index (χ0) is 24.3. The largest absolute Gasteiger partial charge is 0.266 e. The summed E-state index contributed by atoms with van der Waals surface area (Å²) in [6, 6.07) is 21.3. The maximum Gasteiger partial charge on any atom is 0.0593 e. The molecule has 0 radical (unpaired) electrons. The van der Waals surface area contributed by atoms with Crippen LogP contribution in [0.5, 0.6) is 0 Å². The van der Waals surface area contributed by atoms with E-state index in [1.165, 1.54) is 56.3 Å². The minimum absolute atomic E-state index is 0.636. The Kier molecular flexibility index (Phi) is 9.80. The molecule has 2 aromatic carbocycles. The van der Waals surface area contributed by atoms with E-state index in [1.54, 1.807) is 0 Å². The van der Waals surface area contributed by atoms with Gasteiger partial charge in [-0.3, -0.25) is 10.0 Å². The first-order valence-electron chi connectivity index (χ1n) is 13.9. The van der Waals surface area contributed by atoms with Gasteiger partial charge in [-0.25, -0.2) is 0 Å². The highest BCUT2D eigenvalue weighted by Gasteiger charge is 2.21. The van der Waals surface area contributed by atoms with Gasteiger partial charge in [0.25, 0.3) is 0 Å². The molecule has 2 aliphatic rings. The fourth-order valence-corrected chi connectivity index (χ4v) is 5.53. The number of para-hydroxylation sites is 2. The molecule has 4 atom stereocenters. The lowest BCUT2D eigenvalue weighted by Crippen LogP contribution is -2.21. The van der Waals surface area contributed by atoms with Crippen LogP contribution in [0.3, 0.4) is 0 Å². The highest BCUT2D eigenvalue weighted by Crippen LogP contribution is 2.30. The number of hydrogen-bond acceptors (Lipinski definition) is 4. The normalized spacial score (nSPS) is 24.5. The Morgan fingerprint density at radius 2 is 1.06 bits per heavy atom. The quantitative estimate of drug-likeness (QED) is 0.178. The molecular formula is C31H44N4. The van der Waals surface area contributed by atoms with Crippen LogP contribution < -0.4 is 10.0 Å². The second kappa shape index (κ2) is 13.5. The topological polar surface area (TPSA) is 31.2 Å². The van der Waals surface area contributed by atoms with E-state index >= 15 is 0 Å². The molecule has 0 aromatic heterocycles.